The second-order valence-corrected chi connectivity index (χ2v) is 8.93. The zero-order valence-corrected chi connectivity index (χ0v) is 15.0. The summed E-state index contributed by atoms with van der Waals surface area (Å²) in [6.07, 6.45) is -0.936. The van der Waals surface area contributed by atoms with Gasteiger partial charge in [-0.2, -0.15) is 0 Å². The number of carboxylic acids is 1. The molecule has 1 amide bonds. The summed E-state index contributed by atoms with van der Waals surface area (Å²) in [6, 6.07) is 15.7. The first-order valence-corrected chi connectivity index (χ1v) is 10.2. The van der Waals surface area contributed by atoms with Gasteiger partial charge in [0.25, 0.3) is 0 Å². The van der Waals surface area contributed by atoms with Crippen molar-refractivity contribution in [2.75, 3.05) is 18.1 Å². The van der Waals surface area contributed by atoms with E-state index >= 15 is 0 Å². The van der Waals surface area contributed by atoms with Gasteiger partial charge in [-0.25, -0.2) is 18.0 Å². The molecular weight excluding hydrogens is 370 g/mol. The predicted molar refractivity (Wildman–Crippen MR) is 97.2 cm³/mol. The molecule has 1 aliphatic carbocycles. The molecule has 0 radical (unpaired) electrons. The van der Waals surface area contributed by atoms with Crippen LogP contribution in [0.4, 0.5) is 4.79 Å². The average Bonchev–Trinajstić information content (AvgIpc) is 2.92. The Balaban J connectivity index is 1.49. The fourth-order valence-electron chi connectivity index (χ4n) is 3.79. The molecular formula is C19H17NO6S. The molecule has 0 atom stereocenters. The van der Waals surface area contributed by atoms with E-state index in [2.05, 4.69) is 5.32 Å². The van der Waals surface area contributed by atoms with Crippen molar-refractivity contribution < 1.29 is 27.9 Å². The molecule has 8 heteroatoms. The monoisotopic (exact) mass is 387 g/mol. The molecule has 1 saturated heterocycles. The molecule has 7 nitrogen and oxygen atoms in total. The smallest absolute Gasteiger partial charge is 0.408 e. The largest absolute Gasteiger partial charge is 0.479 e. The van der Waals surface area contributed by atoms with Crippen molar-refractivity contribution in [1.29, 1.82) is 0 Å². The molecule has 1 fully saturated rings. The highest BCUT2D eigenvalue weighted by molar-refractivity contribution is 7.93. The van der Waals surface area contributed by atoms with Crippen molar-refractivity contribution in [2.24, 2.45) is 0 Å². The van der Waals surface area contributed by atoms with E-state index in [-0.39, 0.29) is 12.5 Å². The van der Waals surface area contributed by atoms with E-state index < -0.39 is 38.9 Å². The molecule has 0 spiro atoms. The van der Waals surface area contributed by atoms with Crippen LogP contribution in [0.2, 0.25) is 0 Å². The maximum atomic E-state index is 12.2. The molecule has 140 valence electrons. The molecule has 27 heavy (non-hydrogen) atoms. The van der Waals surface area contributed by atoms with E-state index in [1.165, 1.54) is 0 Å². The highest BCUT2D eigenvalue weighted by Crippen LogP contribution is 2.44. The molecule has 0 unspecified atom stereocenters. The minimum atomic E-state index is -3.44. The van der Waals surface area contributed by atoms with Crippen LogP contribution in [0.3, 0.4) is 0 Å². The first-order valence-electron chi connectivity index (χ1n) is 8.38. The lowest BCUT2D eigenvalue weighted by Crippen LogP contribution is -2.70. The highest BCUT2D eigenvalue weighted by atomic mass is 32.2. The number of aliphatic carboxylic acids is 1. The third-order valence-electron chi connectivity index (χ3n) is 5.03. The van der Waals surface area contributed by atoms with Crippen molar-refractivity contribution in [3.8, 4) is 11.1 Å². The first kappa shape index (κ1) is 17.5. The number of alkyl carbamates (subject to hydrolysis) is 1. The molecule has 2 N–H and O–H groups in total. The lowest BCUT2D eigenvalue weighted by Gasteiger charge is -2.37. The Hall–Kier alpha value is -2.87. The summed E-state index contributed by atoms with van der Waals surface area (Å²) in [4.78, 5) is 23.5. The van der Waals surface area contributed by atoms with Gasteiger partial charge in [0.15, 0.2) is 15.4 Å². The van der Waals surface area contributed by atoms with Gasteiger partial charge in [-0.15, -0.1) is 0 Å². The number of benzene rings is 2. The van der Waals surface area contributed by atoms with E-state index in [0.717, 1.165) is 22.3 Å². The first-order chi connectivity index (χ1) is 12.8. The van der Waals surface area contributed by atoms with Gasteiger partial charge in [0.1, 0.15) is 6.61 Å². The SMILES string of the molecule is O=C(NC1(C(=O)O)CS(=O)(=O)C1)OCC1c2ccccc2-c2ccccc21. The Labute approximate surface area is 155 Å². The van der Waals surface area contributed by atoms with Crippen molar-refractivity contribution in [1.82, 2.24) is 5.32 Å². The quantitative estimate of drug-likeness (QED) is 0.828. The molecule has 2 aromatic rings. The summed E-state index contributed by atoms with van der Waals surface area (Å²) in [5, 5.41) is 11.5. The standard InChI is InChI=1S/C19H17NO6S/c21-17(22)19(10-27(24,25)11-19)20-18(23)26-9-16-14-7-3-1-5-12(14)13-6-2-4-8-15(13)16/h1-8,16H,9-11H2,(H,20,23)(H,21,22). The summed E-state index contributed by atoms with van der Waals surface area (Å²) in [7, 11) is -3.44. The van der Waals surface area contributed by atoms with Gasteiger partial charge in [0, 0.05) is 5.92 Å². The van der Waals surface area contributed by atoms with Crippen molar-refractivity contribution in [2.45, 2.75) is 11.5 Å². The summed E-state index contributed by atoms with van der Waals surface area (Å²) in [5.74, 6) is -2.79. The third kappa shape index (κ3) is 2.95. The van der Waals surface area contributed by atoms with Crippen LogP contribution in [-0.2, 0) is 19.4 Å². The van der Waals surface area contributed by atoms with Crippen LogP contribution in [0.5, 0.6) is 0 Å². The van der Waals surface area contributed by atoms with Gasteiger partial charge in [0.05, 0.1) is 11.5 Å². The number of ether oxygens (including phenoxy) is 1. The maximum absolute atomic E-state index is 12.2. The maximum Gasteiger partial charge on any atom is 0.408 e. The number of rotatable bonds is 4. The fourth-order valence-corrected chi connectivity index (χ4v) is 5.60. The summed E-state index contributed by atoms with van der Waals surface area (Å²) in [5.41, 5.74) is 2.42. The van der Waals surface area contributed by atoms with Crippen molar-refractivity contribution in [3.05, 3.63) is 59.7 Å². The number of carbonyl (C=O) groups excluding carboxylic acids is 1. The number of carbonyl (C=O) groups is 2. The average molecular weight is 387 g/mol. The number of amides is 1. The van der Waals surface area contributed by atoms with Gasteiger partial charge in [-0.1, -0.05) is 48.5 Å². The van der Waals surface area contributed by atoms with Crippen molar-refractivity contribution >= 4 is 21.9 Å². The molecule has 0 aromatic heterocycles. The Morgan fingerprint density at radius 3 is 2.04 bits per heavy atom. The Kier molecular flexibility index (Phi) is 3.96. The van der Waals surface area contributed by atoms with E-state index in [0.29, 0.717) is 0 Å². The molecule has 1 heterocycles. The number of nitrogens with one attached hydrogen (secondary N) is 1. The normalized spacial score (nSPS) is 18.7. The van der Waals surface area contributed by atoms with Crippen LogP contribution in [0, 0.1) is 0 Å². The van der Waals surface area contributed by atoms with Crippen LogP contribution < -0.4 is 5.32 Å². The van der Waals surface area contributed by atoms with Gasteiger partial charge < -0.3 is 15.2 Å². The second-order valence-electron chi connectivity index (χ2n) is 6.87. The highest BCUT2D eigenvalue weighted by Gasteiger charge is 2.56. The lowest BCUT2D eigenvalue weighted by atomic mass is 9.98. The number of sulfone groups is 1. The van der Waals surface area contributed by atoms with E-state index in [4.69, 9.17) is 4.74 Å². The van der Waals surface area contributed by atoms with E-state index in [9.17, 15) is 23.1 Å². The summed E-state index contributed by atoms with van der Waals surface area (Å²) < 4.78 is 28.0. The van der Waals surface area contributed by atoms with Gasteiger partial charge in [0.2, 0.25) is 0 Å². The number of carboxylic acid groups (broad SMARTS) is 1. The van der Waals surface area contributed by atoms with Crippen LogP contribution in [0.25, 0.3) is 11.1 Å². The van der Waals surface area contributed by atoms with Crippen LogP contribution in [-0.4, -0.2) is 49.2 Å². The van der Waals surface area contributed by atoms with E-state index in [1.807, 2.05) is 48.5 Å². The molecule has 2 aromatic carbocycles. The number of hydrogen-bond donors (Lipinski definition) is 2. The minimum absolute atomic E-state index is 0.0301. The molecule has 1 aliphatic heterocycles. The minimum Gasteiger partial charge on any atom is -0.479 e. The fraction of sp³-hybridized carbons (Fsp3) is 0.263. The Morgan fingerprint density at radius 2 is 1.56 bits per heavy atom. The predicted octanol–water partition coefficient (Wildman–Crippen LogP) is 1.78. The van der Waals surface area contributed by atoms with Gasteiger partial charge in [-0.3, -0.25) is 0 Å². The Bertz CT molecular complexity index is 988. The topological polar surface area (TPSA) is 110 Å². The number of fused-ring (bicyclic) bond motifs is 3. The van der Waals surface area contributed by atoms with Crippen LogP contribution in [0.1, 0.15) is 17.0 Å². The van der Waals surface area contributed by atoms with Crippen LogP contribution in [0.15, 0.2) is 48.5 Å². The van der Waals surface area contributed by atoms with E-state index in [1.54, 1.807) is 0 Å². The summed E-state index contributed by atoms with van der Waals surface area (Å²) in [6.45, 7) is 0.0301. The van der Waals surface area contributed by atoms with Gasteiger partial charge in [-0.05, 0) is 22.3 Å². The lowest BCUT2D eigenvalue weighted by molar-refractivity contribution is -0.143. The second kappa shape index (κ2) is 6.09. The molecule has 0 bridgehead atoms. The number of hydrogen-bond acceptors (Lipinski definition) is 5. The van der Waals surface area contributed by atoms with Crippen LogP contribution >= 0.6 is 0 Å². The molecule has 2 aliphatic rings. The third-order valence-corrected chi connectivity index (χ3v) is 6.89. The molecule has 4 rings (SSSR count). The zero-order chi connectivity index (χ0) is 19.2. The molecule has 0 saturated carbocycles. The summed E-state index contributed by atoms with van der Waals surface area (Å²) >= 11 is 0. The Morgan fingerprint density at radius 1 is 1.04 bits per heavy atom. The van der Waals surface area contributed by atoms with Gasteiger partial charge >= 0.3 is 12.1 Å². The zero-order valence-electron chi connectivity index (χ0n) is 14.2. The van der Waals surface area contributed by atoms with Crippen molar-refractivity contribution in [3.63, 3.8) is 0 Å².